The molecule has 0 unspecified atom stereocenters. The van der Waals surface area contributed by atoms with E-state index in [1.165, 1.54) is 0 Å². The van der Waals surface area contributed by atoms with Gasteiger partial charge in [-0.3, -0.25) is 0 Å². The summed E-state index contributed by atoms with van der Waals surface area (Å²) in [5.74, 6) is 2.12. The van der Waals surface area contributed by atoms with Crippen LogP contribution in [0.2, 0.25) is 0 Å². The van der Waals surface area contributed by atoms with E-state index in [4.69, 9.17) is 9.47 Å². The van der Waals surface area contributed by atoms with Gasteiger partial charge in [-0.2, -0.15) is 0 Å². The number of aliphatic hydroxyl groups excluding tert-OH is 1. The third-order valence-corrected chi connectivity index (χ3v) is 4.17. The van der Waals surface area contributed by atoms with Gasteiger partial charge in [0.15, 0.2) is 0 Å². The van der Waals surface area contributed by atoms with Gasteiger partial charge in [0.05, 0.1) is 19.3 Å². The second-order valence-electron chi connectivity index (χ2n) is 5.34. The fraction of sp³-hybridized carbons (Fsp3) is 0.571. The zero-order chi connectivity index (χ0) is 12.8. The number of aliphatic hydroxyl groups is 1. The van der Waals surface area contributed by atoms with Crippen LogP contribution in [-0.4, -0.2) is 30.9 Å². The maximum Gasteiger partial charge on any atom is 0.127 e. The Kier molecular flexibility index (Phi) is 2.72. The van der Waals surface area contributed by atoms with Gasteiger partial charge in [-0.05, 0) is 37.6 Å². The third kappa shape index (κ3) is 1.60. The van der Waals surface area contributed by atoms with Crippen LogP contribution in [0.3, 0.4) is 0 Å². The van der Waals surface area contributed by atoms with Crippen LogP contribution in [0.5, 0.6) is 11.5 Å². The molecule has 4 nitrogen and oxygen atoms in total. The molecule has 0 saturated carbocycles. The first kappa shape index (κ1) is 11.8. The summed E-state index contributed by atoms with van der Waals surface area (Å²) in [6, 6.07) is 3.84. The van der Waals surface area contributed by atoms with Crippen LogP contribution in [0.25, 0.3) is 0 Å². The summed E-state index contributed by atoms with van der Waals surface area (Å²) >= 11 is 0. The number of benzene rings is 1. The first-order valence-corrected chi connectivity index (χ1v) is 6.37. The maximum atomic E-state index is 9.27. The summed E-state index contributed by atoms with van der Waals surface area (Å²) in [6.45, 7) is 3.89. The van der Waals surface area contributed by atoms with Crippen molar-refractivity contribution in [1.29, 1.82) is 0 Å². The minimum Gasteiger partial charge on any atom is -0.496 e. The molecule has 18 heavy (non-hydrogen) atoms. The molecule has 3 rings (SSSR count). The molecule has 0 aromatic heterocycles. The summed E-state index contributed by atoms with van der Waals surface area (Å²) in [4.78, 5) is 0. The third-order valence-electron chi connectivity index (χ3n) is 4.17. The summed E-state index contributed by atoms with van der Waals surface area (Å²) in [5.41, 5.74) is 1.98. The van der Waals surface area contributed by atoms with Crippen molar-refractivity contribution in [2.45, 2.75) is 31.4 Å². The Morgan fingerprint density at radius 1 is 1.56 bits per heavy atom. The Morgan fingerprint density at radius 3 is 3.11 bits per heavy atom. The minimum atomic E-state index is 0.00100. The van der Waals surface area contributed by atoms with Crippen molar-refractivity contribution in [3.05, 3.63) is 23.3 Å². The van der Waals surface area contributed by atoms with Crippen LogP contribution in [0, 0.1) is 0 Å². The Hall–Kier alpha value is -1.26. The zero-order valence-corrected chi connectivity index (χ0v) is 10.8. The van der Waals surface area contributed by atoms with Gasteiger partial charge in [0, 0.05) is 11.5 Å². The number of rotatable bonds is 2. The molecule has 0 bridgehead atoms. The molecule has 2 N–H and O–H groups in total. The van der Waals surface area contributed by atoms with Gasteiger partial charge in [0.1, 0.15) is 18.1 Å². The number of fused-ring (bicyclic) bond motifs is 3. The highest BCUT2D eigenvalue weighted by molar-refractivity contribution is 5.53. The lowest BCUT2D eigenvalue weighted by Gasteiger charge is -2.38. The molecule has 2 heterocycles. The molecule has 4 heteroatoms. The van der Waals surface area contributed by atoms with Gasteiger partial charge in [0.25, 0.3) is 0 Å². The van der Waals surface area contributed by atoms with Gasteiger partial charge in [0.2, 0.25) is 0 Å². The second-order valence-corrected chi connectivity index (χ2v) is 5.34. The Morgan fingerprint density at radius 2 is 2.39 bits per heavy atom. The highest BCUT2D eigenvalue weighted by Crippen LogP contribution is 2.48. The molecule has 0 aliphatic carbocycles. The van der Waals surface area contributed by atoms with E-state index < -0.39 is 0 Å². The van der Waals surface area contributed by atoms with Gasteiger partial charge in [-0.25, -0.2) is 0 Å². The summed E-state index contributed by atoms with van der Waals surface area (Å²) < 4.78 is 11.4. The van der Waals surface area contributed by atoms with Crippen molar-refractivity contribution in [2.75, 3.05) is 20.3 Å². The normalized spacial score (nSPS) is 29.4. The van der Waals surface area contributed by atoms with Crippen molar-refractivity contribution < 1.29 is 14.6 Å². The molecular weight excluding hydrogens is 230 g/mol. The zero-order valence-electron chi connectivity index (χ0n) is 10.8. The SMILES string of the molecule is COc1cc(CO)cc2c1[C@@H]1CCN[C@]1(C)CO2. The lowest BCUT2D eigenvalue weighted by Crippen LogP contribution is -2.48. The Labute approximate surface area is 107 Å². The van der Waals surface area contributed by atoms with Crippen LogP contribution in [0.4, 0.5) is 0 Å². The quantitative estimate of drug-likeness (QED) is 0.832. The first-order valence-electron chi connectivity index (χ1n) is 6.37. The summed E-state index contributed by atoms with van der Waals surface area (Å²) in [6.07, 6.45) is 1.10. The van der Waals surface area contributed by atoms with Crippen molar-refractivity contribution in [2.24, 2.45) is 0 Å². The lowest BCUT2D eigenvalue weighted by atomic mass is 9.79. The highest BCUT2D eigenvalue weighted by atomic mass is 16.5. The average molecular weight is 249 g/mol. The van der Waals surface area contributed by atoms with Gasteiger partial charge in [-0.15, -0.1) is 0 Å². The van der Waals surface area contributed by atoms with E-state index in [0.717, 1.165) is 35.6 Å². The number of methoxy groups -OCH3 is 1. The van der Waals surface area contributed by atoms with E-state index >= 15 is 0 Å². The number of nitrogens with one attached hydrogen (secondary N) is 1. The van der Waals surface area contributed by atoms with Crippen LogP contribution < -0.4 is 14.8 Å². The van der Waals surface area contributed by atoms with Crippen LogP contribution in [0.15, 0.2) is 12.1 Å². The number of hydrogen-bond acceptors (Lipinski definition) is 4. The highest BCUT2D eigenvalue weighted by Gasteiger charge is 2.45. The molecule has 98 valence electrons. The molecule has 1 aromatic carbocycles. The molecule has 2 aliphatic heterocycles. The van der Waals surface area contributed by atoms with Crippen LogP contribution in [-0.2, 0) is 6.61 Å². The van der Waals surface area contributed by atoms with Gasteiger partial charge in [-0.1, -0.05) is 0 Å². The van der Waals surface area contributed by atoms with Crippen LogP contribution >= 0.6 is 0 Å². The van der Waals surface area contributed by atoms with Crippen molar-refractivity contribution in [3.63, 3.8) is 0 Å². The van der Waals surface area contributed by atoms with E-state index in [1.54, 1.807) is 7.11 Å². The van der Waals surface area contributed by atoms with Crippen molar-refractivity contribution in [1.82, 2.24) is 5.32 Å². The van der Waals surface area contributed by atoms with Crippen LogP contribution in [0.1, 0.15) is 30.4 Å². The molecule has 1 saturated heterocycles. The number of hydrogen-bond donors (Lipinski definition) is 2. The number of ether oxygens (including phenoxy) is 2. The predicted molar refractivity (Wildman–Crippen MR) is 68.2 cm³/mol. The van der Waals surface area contributed by atoms with E-state index in [2.05, 4.69) is 12.2 Å². The fourth-order valence-corrected chi connectivity index (χ4v) is 3.16. The van der Waals surface area contributed by atoms with E-state index in [9.17, 15) is 5.11 Å². The van der Waals surface area contributed by atoms with Gasteiger partial charge < -0.3 is 19.9 Å². The van der Waals surface area contributed by atoms with Crippen molar-refractivity contribution >= 4 is 0 Å². The minimum absolute atomic E-state index is 0.00100. The Balaban J connectivity index is 2.13. The summed E-state index contributed by atoms with van der Waals surface area (Å²) in [5, 5.41) is 12.8. The molecule has 1 fully saturated rings. The topological polar surface area (TPSA) is 50.7 Å². The largest absolute Gasteiger partial charge is 0.496 e. The smallest absolute Gasteiger partial charge is 0.127 e. The molecule has 2 aliphatic rings. The molecular formula is C14H19NO3. The molecule has 0 amide bonds. The fourth-order valence-electron chi connectivity index (χ4n) is 3.16. The first-order chi connectivity index (χ1) is 8.68. The average Bonchev–Trinajstić information content (AvgIpc) is 2.79. The molecule has 1 aromatic rings. The van der Waals surface area contributed by atoms with E-state index in [1.807, 2.05) is 12.1 Å². The van der Waals surface area contributed by atoms with E-state index in [-0.39, 0.29) is 12.1 Å². The second kappa shape index (κ2) is 4.14. The standard InChI is InChI=1S/C14H19NO3/c1-14-8-18-12-6-9(7-16)5-11(17-2)13(12)10(14)3-4-15-14/h5-6,10,15-16H,3-4,7-8H2,1-2H3/t10-,14+/m0/s1. The van der Waals surface area contributed by atoms with E-state index in [0.29, 0.717) is 12.5 Å². The molecule has 0 radical (unpaired) electrons. The molecule has 0 spiro atoms. The van der Waals surface area contributed by atoms with Gasteiger partial charge >= 0.3 is 0 Å². The van der Waals surface area contributed by atoms with Crippen molar-refractivity contribution in [3.8, 4) is 11.5 Å². The Bertz CT molecular complexity index is 457. The lowest BCUT2D eigenvalue weighted by molar-refractivity contribution is 0.167. The molecule has 2 atom stereocenters. The monoisotopic (exact) mass is 249 g/mol. The summed E-state index contributed by atoms with van der Waals surface area (Å²) in [7, 11) is 1.67. The predicted octanol–water partition coefficient (Wildman–Crippen LogP) is 1.42. The maximum absolute atomic E-state index is 9.27.